The molecule has 8 heteroatoms. The molecule has 19 heavy (non-hydrogen) atoms. The van der Waals surface area contributed by atoms with Crippen LogP contribution in [0.3, 0.4) is 0 Å². The summed E-state index contributed by atoms with van der Waals surface area (Å²) in [6.07, 6.45) is 10.4. The van der Waals surface area contributed by atoms with Crippen LogP contribution < -0.4 is 17.0 Å². The van der Waals surface area contributed by atoms with Gasteiger partial charge in [0.25, 0.3) is 0 Å². The fourth-order valence-corrected chi connectivity index (χ4v) is 2.19. The van der Waals surface area contributed by atoms with Gasteiger partial charge in [-0.2, -0.15) is 14.0 Å². The van der Waals surface area contributed by atoms with Gasteiger partial charge in [0, 0.05) is 0 Å². The molecule has 0 saturated carbocycles. The molecule has 0 aliphatic rings. The second-order valence-corrected chi connectivity index (χ2v) is 5.61. The van der Waals surface area contributed by atoms with Crippen molar-refractivity contribution >= 4 is 10.4 Å². The van der Waals surface area contributed by atoms with Crippen molar-refractivity contribution in [1.82, 2.24) is 11.1 Å². The first-order valence-electron chi connectivity index (χ1n) is 6.91. The van der Waals surface area contributed by atoms with Gasteiger partial charge in [-0.25, -0.2) is 4.18 Å². The minimum Gasteiger partial charge on any atom is -0.256 e. The second kappa shape index (κ2) is 12.8. The molecule has 0 aliphatic heterocycles. The highest BCUT2D eigenvalue weighted by molar-refractivity contribution is 7.81. The highest BCUT2D eigenvalue weighted by Crippen LogP contribution is 2.09. The van der Waals surface area contributed by atoms with Crippen molar-refractivity contribution < 1.29 is 16.9 Å². The molecule has 0 aromatic rings. The predicted molar refractivity (Wildman–Crippen MR) is 73.6 cm³/mol. The molecule has 0 fully saturated rings. The van der Waals surface area contributed by atoms with E-state index in [-0.39, 0.29) is 6.61 Å². The average molecular weight is 297 g/mol. The van der Waals surface area contributed by atoms with Gasteiger partial charge < -0.3 is 0 Å². The highest BCUT2D eigenvalue weighted by atomic mass is 32.3. The zero-order valence-electron chi connectivity index (χ0n) is 11.7. The number of rotatable bonds is 14. The van der Waals surface area contributed by atoms with Crippen LogP contribution in [0.5, 0.6) is 0 Å². The molecule has 0 spiro atoms. The molecule has 0 rings (SSSR count). The first kappa shape index (κ1) is 18.8. The van der Waals surface area contributed by atoms with Crippen molar-refractivity contribution in [3.05, 3.63) is 0 Å². The van der Waals surface area contributed by atoms with Crippen LogP contribution in [0.4, 0.5) is 0 Å². The summed E-state index contributed by atoms with van der Waals surface area (Å²) in [4.78, 5) is 0. The van der Waals surface area contributed by atoms with Gasteiger partial charge in [-0.3, -0.25) is 5.84 Å². The normalized spacial score (nSPS) is 11.9. The van der Waals surface area contributed by atoms with Gasteiger partial charge in [0.15, 0.2) is 0 Å². The minimum absolute atomic E-state index is 0.129. The molecule has 0 unspecified atom stereocenters. The van der Waals surface area contributed by atoms with Crippen LogP contribution in [0.15, 0.2) is 0 Å². The Morgan fingerprint density at radius 3 is 2.00 bits per heavy atom. The van der Waals surface area contributed by atoms with Crippen LogP contribution in [0.2, 0.25) is 0 Å². The Morgan fingerprint density at radius 2 is 1.47 bits per heavy atom. The molecule has 0 saturated heterocycles. The van der Waals surface area contributed by atoms with E-state index in [9.17, 15) is 8.42 Å². The summed E-state index contributed by atoms with van der Waals surface area (Å²) < 4.78 is 30.8. The lowest BCUT2D eigenvalue weighted by Crippen LogP contribution is -2.39. The summed E-state index contributed by atoms with van der Waals surface area (Å²) in [6, 6.07) is 0. The second-order valence-electron chi connectivity index (χ2n) is 4.39. The highest BCUT2D eigenvalue weighted by Gasteiger charge is 2.10. The maximum atomic E-state index is 11.0. The van der Waals surface area contributed by atoms with Gasteiger partial charge >= 0.3 is 10.4 Å². The molecule has 0 amide bonds. The van der Waals surface area contributed by atoms with E-state index in [2.05, 4.69) is 15.4 Å². The molecule has 4 N–H and O–H groups in total. The van der Waals surface area contributed by atoms with Crippen LogP contribution in [-0.4, -0.2) is 15.0 Å². The standard InChI is InChI=1S/C11H27N3O4S/c1-2-3-4-5-6-7-8-9-10-11-17-19(15,16)18-14-13-12/h13-14H,2-12H2,1H3. The van der Waals surface area contributed by atoms with Crippen molar-refractivity contribution in [2.45, 2.75) is 64.7 Å². The fraction of sp³-hybridized carbons (Fsp3) is 1.00. The van der Waals surface area contributed by atoms with Gasteiger partial charge in [0.05, 0.1) is 6.61 Å². The number of hydrazine groups is 2. The zero-order valence-corrected chi connectivity index (χ0v) is 12.5. The summed E-state index contributed by atoms with van der Waals surface area (Å²) in [5.74, 6) is 4.78. The molecule has 0 heterocycles. The van der Waals surface area contributed by atoms with Crippen molar-refractivity contribution in [3.8, 4) is 0 Å². The Morgan fingerprint density at radius 1 is 0.947 bits per heavy atom. The Hall–Kier alpha value is -0.250. The van der Waals surface area contributed by atoms with Gasteiger partial charge in [-0.05, 0) is 6.42 Å². The minimum atomic E-state index is -4.01. The summed E-state index contributed by atoms with van der Waals surface area (Å²) >= 11 is 0. The lowest BCUT2D eigenvalue weighted by molar-refractivity contribution is 0.117. The van der Waals surface area contributed by atoms with E-state index >= 15 is 0 Å². The first-order chi connectivity index (χ1) is 9.12. The summed E-state index contributed by atoms with van der Waals surface area (Å²) in [6.45, 7) is 2.33. The third-order valence-electron chi connectivity index (χ3n) is 2.68. The number of hydrogen-bond donors (Lipinski definition) is 3. The van der Waals surface area contributed by atoms with Crippen molar-refractivity contribution in [1.29, 1.82) is 0 Å². The maximum Gasteiger partial charge on any atom is 0.417 e. The van der Waals surface area contributed by atoms with Crippen molar-refractivity contribution in [3.63, 3.8) is 0 Å². The molecule has 116 valence electrons. The third kappa shape index (κ3) is 14.0. The maximum absolute atomic E-state index is 11.0. The molecule has 0 bridgehead atoms. The number of hydrogen-bond acceptors (Lipinski definition) is 7. The number of unbranched alkanes of at least 4 members (excludes halogenated alkanes) is 8. The van der Waals surface area contributed by atoms with Crippen LogP contribution >= 0.6 is 0 Å². The summed E-state index contributed by atoms with van der Waals surface area (Å²) in [5.41, 5.74) is 3.62. The van der Waals surface area contributed by atoms with Gasteiger partial charge in [-0.1, -0.05) is 58.3 Å². The fourth-order valence-electron chi connectivity index (χ4n) is 1.67. The molecular weight excluding hydrogens is 270 g/mol. The van der Waals surface area contributed by atoms with E-state index in [4.69, 9.17) is 5.84 Å². The van der Waals surface area contributed by atoms with Crippen LogP contribution in [0.25, 0.3) is 0 Å². The first-order valence-corrected chi connectivity index (χ1v) is 8.24. The van der Waals surface area contributed by atoms with Crippen molar-refractivity contribution in [2.75, 3.05) is 6.61 Å². The summed E-state index contributed by atoms with van der Waals surface area (Å²) in [7, 11) is -4.01. The zero-order chi connectivity index (χ0) is 14.4. The Bertz CT molecular complexity index is 286. The third-order valence-corrected chi connectivity index (χ3v) is 3.42. The lowest BCUT2D eigenvalue weighted by atomic mass is 10.1. The summed E-state index contributed by atoms with van der Waals surface area (Å²) in [5, 5.41) is 0. The quantitative estimate of drug-likeness (QED) is 0.254. The van der Waals surface area contributed by atoms with E-state index in [0.717, 1.165) is 12.8 Å². The molecule has 0 aromatic heterocycles. The van der Waals surface area contributed by atoms with E-state index < -0.39 is 10.4 Å². The molecule has 0 radical (unpaired) electrons. The number of nitrogens with two attached hydrogens (primary N) is 1. The number of nitrogens with one attached hydrogen (secondary N) is 2. The monoisotopic (exact) mass is 297 g/mol. The van der Waals surface area contributed by atoms with Gasteiger partial charge in [-0.15, -0.1) is 9.87 Å². The van der Waals surface area contributed by atoms with Gasteiger partial charge in [0.2, 0.25) is 0 Å². The molecule has 0 aliphatic carbocycles. The van der Waals surface area contributed by atoms with Crippen LogP contribution in [0, 0.1) is 0 Å². The van der Waals surface area contributed by atoms with E-state index in [1.807, 2.05) is 5.53 Å². The largest absolute Gasteiger partial charge is 0.417 e. The van der Waals surface area contributed by atoms with E-state index in [1.54, 1.807) is 5.59 Å². The topological polar surface area (TPSA) is 103 Å². The lowest BCUT2D eigenvalue weighted by Gasteiger charge is -2.05. The van der Waals surface area contributed by atoms with Crippen LogP contribution in [-0.2, 0) is 18.9 Å². The van der Waals surface area contributed by atoms with Crippen molar-refractivity contribution in [2.24, 2.45) is 5.84 Å². The SMILES string of the molecule is CCCCCCCCCCCOS(=O)(=O)ONNN. The molecule has 7 nitrogen and oxygen atoms in total. The molecule has 0 atom stereocenters. The Kier molecular flexibility index (Phi) is 12.6. The Balaban J connectivity index is 3.26. The molecule has 0 aromatic carbocycles. The van der Waals surface area contributed by atoms with Gasteiger partial charge in [0.1, 0.15) is 0 Å². The predicted octanol–water partition coefficient (Wildman–Crippen LogP) is 1.68. The smallest absolute Gasteiger partial charge is 0.256 e. The average Bonchev–Trinajstić information content (AvgIpc) is 2.38. The van der Waals surface area contributed by atoms with E-state index in [0.29, 0.717) is 6.42 Å². The van der Waals surface area contributed by atoms with Crippen LogP contribution in [0.1, 0.15) is 64.7 Å². The Labute approximate surface area is 116 Å². The van der Waals surface area contributed by atoms with E-state index in [1.165, 1.54) is 38.5 Å². The molecular formula is C11H27N3O4S.